The Kier molecular flexibility index (Phi) is 4.40. The van der Waals surface area contributed by atoms with Crippen LogP contribution in [-0.4, -0.2) is 47.8 Å². The predicted octanol–water partition coefficient (Wildman–Crippen LogP) is 1.68. The van der Waals surface area contributed by atoms with Gasteiger partial charge in [-0.1, -0.05) is 43.7 Å². The third kappa shape index (κ3) is 3.12. The van der Waals surface area contributed by atoms with E-state index in [2.05, 4.69) is 49.2 Å². The molecular weight excluding hydrogens is 310 g/mol. The van der Waals surface area contributed by atoms with Crippen LogP contribution in [0.15, 0.2) is 42.6 Å². The molecule has 0 spiro atoms. The fourth-order valence-electron chi connectivity index (χ4n) is 3.54. The van der Waals surface area contributed by atoms with Gasteiger partial charge in [0.1, 0.15) is 5.82 Å². The second-order valence-electron chi connectivity index (χ2n) is 6.96. The highest BCUT2D eigenvalue weighted by atomic mass is 15.4. The summed E-state index contributed by atoms with van der Waals surface area (Å²) in [6.45, 7) is 6.67. The Morgan fingerprint density at radius 3 is 2.60 bits per heavy atom. The zero-order valence-corrected chi connectivity index (χ0v) is 15.1. The third-order valence-electron chi connectivity index (χ3n) is 5.04. The first-order valence-electron chi connectivity index (χ1n) is 9.25. The van der Waals surface area contributed by atoms with Gasteiger partial charge in [-0.3, -0.25) is 0 Å². The van der Waals surface area contributed by atoms with Crippen molar-refractivity contribution >= 4 is 11.5 Å². The van der Waals surface area contributed by atoms with Crippen LogP contribution >= 0.6 is 0 Å². The average molecular weight is 336 g/mol. The maximum Gasteiger partial charge on any atom is 0.165 e. The summed E-state index contributed by atoms with van der Waals surface area (Å²) in [4.78, 5) is 9.00. The number of aryl methyl sites for hydroxylation is 1. The zero-order valence-electron chi connectivity index (χ0n) is 15.1. The number of anilines is 1. The van der Waals surface area contributed by atoms with E-state index in [1.807, 2.05) is 16.8 Å². The van der Waals surface area contributed by atoms with Crippen molar-refractivity contribution < 1.29 is 4.90 Å². The van der Waals surface area contributed by atoms with Crippen LogP contribution in [0.4, 0.5) is 5.82 Å². The van der Waals surface area contributed by atoms with Gasteiger partial charge in [0.15, 0.2) is 5.65 Å². The summed E-state index contributed by atoms with van der Waals surface area (Å²) in [6.07, 6.45) is 4.06. The third-order valence-corrected chi connectivity index (χ3v) is 5.04. The SMILES string of the molecule is CCCc1cc(N2CC[NH+](C)CC2)n2ncc(-c3ccccc3)c2n1. The number of fused-ring (bicyclic) bond motifs is 1. The molecule has 5 nitrogen and oxygen atoms in total. The average Bonchev–Trinajstić information content (AvgIpc) is 3.07. The predicted molar refractivity (Wildman–Crippen MR) is 101 cm³/mol. The molecule has 1 N–H and O–H groups in total. The molecule has 2 aromatic heterocycles. The van der Waals surface area contributed by atoms with Gasteiger partial charge in [0, 0.05) is 17.3 Å². The minimum Gasteiger partial charge on any atom is -0.345 e. The Balaban J connectivity index is 1.83. The zero-order chi connectivity index (χ0) is 17.2. The summed E-state index contributed by atoms with van der Waals surface area (Å²) in [7, 11) is 2.27. The lowest BCUT2D eigenvalue weighted by Gasteiger charge is -2.31. The van der Waals surface area contributed by atoms with Crippen LogP contribution in [0.2, 0.25) is 0 Å². The number of nitrogens with zero attached hydrogens (tertiary/aromatic N) is 4. The van der Waals surface area contributed by atoms with Gasteiger partial charge in [0.05, 0.1) is 39.4 Å². The number of quaternary nitrogens is 1. The fourth-order valence-corrected chi connectivity index (χ4v) is 3.54. The second kappa shape index (κ2) is 6.84. The smallest absolute Gasteiger partial charge is 0.165 e. The summed E-state index contributed by atoms with van der Waals surface area (Å²) in [6, 6.07) is 12.7. The lowest BCUT2D eigenvalue weighted by atomic mass is 10.1. The molecule has 1 aliphatic rings. The van der Waals surface area contributed by atoms with Crippen LogP contribution in [0, 0.1) is 0 Å². The summed E-state index contributed by atoms with van der Waals surface area (Å²) in [5.74, 6) is 1.18. The van der Waals surface area contributed by atoms with Crippen molar-refractivity contribution in [2.75, 3.05) is 38.1 Å². The van der Waals surface area contributed by atoms with Gasteiger partial charge < -0.3 is 9.80 Å². The molecule has 0 saturated carbocycles. The second-order valence-corrected chi connectivity index (χ2v) is 6.96. The topological polar surface area (TPSA) is 37.9 Å². The van der Waals surface area contributed by atoms with Crippen molar-refractivity contribution in [3.63, 3.8) is 0 Å². The van der Waals surface area contributed by atoms with Crippen molar-refractivity contribution in [2.45, 2.75) is 19.8 Å². The van der Waals surface area contributed by atoms with E-state index in [1.165, 1.54) is 24.5 Å². The Labute approximate surface area is 148 Å². The lowest BCUT2D eigenvalue weighted by Crippen LogP contribution is -3.12. The van der Waals surface area contributed by atoms with Gasteiger partial charge >= 0.3 is 0 Å². The molecular formula is C20H26N5+. The molecule has 1 aliphatic heterocycles. The van der Waals surface area contributed by atoms with E-state index in [0.29, 0.717) is 0 Å². The van der Waals surface area contributed by atoms with Crippen LogP contribution in [-0.2, 0) is 6.42 Å². The number of piperazine rings is 1. The maximum absolute atomic E-state index is 4.94. The van der Waals surface area contributed by atoms with E-state index in [0.717, 1.165) is 42.8 Å². The quantitative estimate of drug-likeness (QED) is 0.788. The van der Waals surface area contributed by atoms with Crippen molar-refractivity contribution in [2.24, 2.45) is 0 Å². The largest absolute Gasteiger partial charge is 0.345 e. The molecule has 0 aliphatic carbocycles. The van der Waals surface area contributed by atoms with E-state index in [1.54, 1.807) is 4.90 Å². The first kappa shape index (κ1) is 16.1. The van der Waals surface area contributed by atoms with Crippen molar-refractivity contribution in [3.05, 3.63) is 48.3 Å². The van der Waals surface area contributed by atoms with Gasteiger partial charge in [-0.15, -0.1) is 0 Å². The van der Waals surface area contributed by atoms with Crippen LogP contribution in [0.25, 0.3) is 16.8 Å². The Hall–Kier alpha value is -2.40. The Morgan fingerprint density at radius 2 is 1.88 bits per heavy atom. The van der Waals surface area contributed by atoms with Crippen LogP contribution in [0.3, 0.4) is 0 Å². The van der Waals surface area contributed by atoms with Gasteiger partial charge in [-0.2, -0.15) is 9.61 Å². The van der Waals surface area contributed by atoms with Crippen molar-refractivity contribution in [3.8, 4) is 11.1 Å². The number of hydrogen-bond acceptors (Lipinski definition) is 3. The highest BCUT2D eigenvalue weighted by Crippen LogP contribution is 2.27. The number of rotatable bonds is 4. The minimum atomic E-state index is 0.971. The normalized spacial score (nSPS) is 15.8. The molecule has 0 unspecified atom stereocenters. The molecule has 0 amide bonds. The number of nitrogens with one attached hydrogen (secondary N) is 1. The van der Waals surface area contributed by atoms with Crippen LogP contribution in [0.5, 0.6) is 0 Å². The number of likely N-dealkylation sites (N-methyl/N-ethyl adjacent to an activating group) is 1. The fraction of sp³-hybridized carbons (Fsp3) is 0.400. The first-order chi connectivity index (χ1) is 12.3. The molecule has 3 heterocycles. The molecule has 25 heavy (non-hydrogen) atoms. The summed E-state index contributed by atoms with van der Waals surface area (Å²) >= 11 is 0. The standard InChI is InChI=1S/C20H25N5/c1-3-7-17-14-19(24-12-10-23(2)11-13-24)25-20(22-17)18(15-21-25)16-8-5-4-6-9-16/h4-6,8-9,14-15H,3,7,10-13H2,1-2H3/p+1. The van der Waals surface area contributed by atoms with Crippen molar-refractivity contribution in [1.29, 1.82) is 0 Å². The molecule has 0 radical (unpaired) electrons. The molecule has 4 rings (SSSR count). The van der Waals surface area contributed by atoms with E-state index in [4.69, 9.17) is 10.1 Å². The molecule has 3 aromatic rings. The summed E-state index contributed by atoms with van der Waals surface area (Å²) < 4.78 is 2.03. The van der Waals surface area contributed by atoms with E-state index in [9.17, 15) is 0 Å². The molecule has 1 fully saturated rings. The Bertz CT molecular complexity index is 847. The highest BCUT2D eigenvalue weighted by Gasteiger charge is 2.21. The van der Waals surface area contributed by atoms with Gasteiger partial charge in [-0.25, -0.2) is 4.98 Å². The molecule has 5 heteroatoms. The molecule has 0 bridgehead atoms. The number of aromatic nitrogens is 3. The maximum atomic E-state index is 4.94. The minimum absolute atomic E-state index is 0.971. The van der Waals surface area contributed by atoms with Crippen molar-refractivity contribution in [1.82, 2.24) is 14.6 Å². The van der Waals surface area contributed by atoms with Gasteiger partial charge in [-0.05, 0) is 12.0 Å². The molecule has 130 valence electrons. The van der Waals surface area contributed by atoms with Crippen LogP contribution in [0.1, 0.15) is 19.0 Å². The lowest BCUT2D eigenvalue weighted by molar-refractivity contribution is -0.880. The van der Waals surface area contributed by atoms with Gasteiger partial charge in [0.25, 0.3) is 0 Å². The monoisotopic (exact) mass is 336 g/mol. The summed E-state index contributed by atoms with van der Waals surface area (Å²) in [5, 5.41) is 4.70. The number of benzene rings is 1. The highest BCUT2D eigenvalue weighted by molar-refractivity contribution is 5.78. The van der Waals surface area contributed by atoms with Gasteiger partial charge in [0.2, 0.25) is 0 Å². The first-order valence-corrected chi connectivity index (χ1v) is 9.25. The number of hydrogen-bond donors (Lipinski definition) is 1. The molecule has 1 aromatic carbocycles. The van der Waals surface area contributed by atoms with E-state index >= 15 is 0 Å². The van der Waals surface area contributed by atoms with Crippen LogP contribution < -0.4 is 9.80 Å². The molecule has 1 saturated heterocycles. The van der Waals surface area contributed by atoms with E-state index in [-0.39, 0.29) is 0 Å². The van der Waals surface area contributed by atoms with E-state index < -0.39 is 0 Å². The summed E-state index contributed by atoms with van der Waals surface area (Å²) in [5.41, 5.74) is 4.42. The molecule has 0 atom stereocenters. The Morgan fingerprint density at radius 1 is 1.12 bits per heavy atom.